The van der Waals surface area contributed by atoms with Crippen LogP contribution < -0.4 is 5.73 Å². The van der Waals surface area contributed by atoms with Crippen molar-refractivity contribution in [2.75, 3.05) is 5.73 Å². The van der Waals surface area contributed by atoms with Crippen LogP contribution in [-0.2, 0) is 14.1 Å². The molecule has 21 heavy (non-hydrogen) atoms. The summed E-state index contributed by atoms with van der Waals surface area (Å²) < 4.78 is 4.54. The fourth-order valence-corrected chi connectivity index (χ4v) is 2.72. The van der Waals surface area contributed by atoms with Crippen molar-refractivity contribution in [2.45, 2.75) is 6.92 Å². The summed E-state index contributed by atoms with van der Waals surface area (Å²) in [6.07, 6.45) is 1.97. The first-order valence-corrected chi connectivity index (χ1v) is 7.35. The Morgan fingerprint density at radius 1 is 1.10 bits per heavy atom. The third-order valence-electron chi connectivity index (χ3n) is 3.49. The highest BCUT2D eigenvalue weighted by Crippen LogP contribution is 2.37. The number of rotatable bonds is 2. The molecule has 0 saturated carbocycles. The van der Waals surface area contributed by atoms with E-state index in [4.69, 9.17) is 5.73 Å². The molecule has 5 nitrogen and oxygen atoms in total. The van der Waals surface area contributed by atoms with Crippen LogP contribution >= 0.6 is 15.9 Å². The second kappa shape index (κ2) is 5.04. The predicted molar refractivity (Wildman–Crippen MR) is 87.7 cm³/mol. The molecule has 0 amide bonds. The van der Waals surface area contributed by atoms with Gasteiger partial charge in [-0.15, -0.1) is 0 Å². The van der Waals surface area contributed by atoms with Crippen molar-refractivity contribution in [3.8, 4) is 22.4 Å². The van der Waals surface area contributed by atoms with Crippen LogP contribution in [0, 0.1) is 6.92 Å². The van der Waals surface area contributed by atoms with E-state index in [-0.39, 0.29) is 0 Å². The van der Waals surface area contributed by atoms with Crippen LogP contribution in [0.3, 0.4) is 0 Å². The first-order valence-electron chi connectivity index (χ1n) is 6.56. The van der Waals surface area contributed by atoms with Gasteiger partial charge in [-0.3, -0.25) is 9.36 Å². The molecule has 0 bridgehead atoms. The van der Waals surface area contributed by atoms with Crippen LogP contribution in [0.2, 0.25) is 0 Å². The van der Waals surface area contributed by atoms with E-state index in [9.17, 15) is 0 Å². The second-order valence-electron chi connectivity index (χ2n) is 5.04. The van der Waals surface area contributed by atoms with E-state index >= 15 is 0 Å². The van der Waals surface area contributed by atoms with Crippen molar-refractivity contribution in [3.63, 3.8) is 0 Å². The van der Waals surface area contributed by atoms with Crippen LogP contribution in [0.25, 0.3) is 22.4 Å². The normalized spacial score (nSPS) is 11.0. The fraction of sp³-hybridized carbons (Fsp3) is 0.200. The van der Waals surface area contributed by atoms with Gasteiger partial charge in [0.1, 0.15) is 11.5 Å². The van der Waals surface area contributed by atoms with Crippen molar-refractivity contribution in [1.82, 2.24) is 19.6 Å². The van der Waals surface area contributed by atoms with Gasteiger partial charge in [-0.25, -0.2) is 0 Å². The Kier molecular flexibility index (Phi) is 3.33. The van der Waals surface area contributed by atoms with E-state index in [2.05, 4.69) is 26.1 Å². The first-order chi connectivity index (χ1) is 9.97. The zero-order chi connectivity index (χ0) is 15.1. The van der Waals surface area contributed by atoms with Gasteiger partial charge in [0.15, 0.2) is 0 Å². The minimum absolute atomic E-state index is 0.649. The summed E-state index contributed by atoms with van der Waals surface area (Å²) in [4.78, 5) is 0. The number of hydrogen-bond donors (Lipinski definition) is 1. The standard InChI is InChI=1S/C15H16BrN5/c1-9-12(8-20(2)18-9)14-13(15(17)21(3)19-14)10-4-6-11(16)7-5-10/h4-8H,17H2,1-3H3. The number of aryl methyl sites for hydroxylation is 3. The maximum atomic E-state index is 6.23. The topological polar surface area (TPSA) is 61.7 Å². The Morgan fingerprint density at radius 2 is 1.76 bits per heavy atom. The number of anilines is 1. The molecule has 2 aromatic heterocycles. The van der Waals surface area contributed by atoms with E-state index in [0.29, 0.717) is 5.82 Å². The number of aromatic nitrogens is 4. The van der Waals surface area contributed by atoms with E-state index in [1.807, 2.05) is 51.5 Å². The van der Waals surface area contributed by atoms with Gasteiger partial charge in [0.2, 0.25) is 0 Å². The number of nitrogens with zero attached hydrogens (tertiary/aromatic N) is 4. The molecule has 0 spiro atoms. The zero-order valence-electron chi connectivity index (χ0n) is 12.1. The minimum Gasteiger partial charge on any atom is -0.383 e. The fourth-order valence-electron chi connectivity index (χ4n) is 2.46. The lowest BCUT2D eigenvalue weighted by molar-refractivity contribution is 0.756. The van der Waals surface area contributed by atoms with Crippen LogP contribution in [0.4, 0.5) is 5.82 Å². The summed E-state index contributed by atoms with van der Waals surface area (Å²) in [7, 11) is 3.76. The first kappa shape index (κ1) is 13.9. The quantitative estimate of drug-likeness (QED) is 0.775. The molecule has 1 aromatic carbocycles. The Morgan fingerprint density at radius 3 is 2.33 bits per heavy atom. The largest absolute Gasteiger partial charge is 0.383 e. The Balaban J connectivity index is 2.25. The summed E-state index contributed by atoms with van der Waals surface area (Å²) in [5.41, 5.74) is 11.0. The number of halogens is 1. The second-order valence-corrected chi connectivity index (χ2v) is 5.96. The van der Waals surface area contributed by atoms with Crippen molar-refractivity contribution in [3.05, 3.63) is 40.6 Å². The summed E-state index contributed by atoms with van der Waals surface area (Å²) in [6, 6.07) is 8.07. The molecule has 0 radical (unpaired) electrons. The average molecular weight is 346 g/mol. The Labute approximate surface area is 131 Å². The molecule has 0 atom stereocenters. The SMILES string of the molecule is Cc1nn(C)cc1-c1nn(C)c(N)c1-c1ccc(Br)cc1. The molecular formula is C15H16BrN5. The Hall–Kier alpha value is -2.08. The number of nitrogen functional groups attached to an aromatic ring is 1. The highest BCUT2D eigenvalue weighted by molar-refractivity contribution is 9.10. The van der Waals surface area contributed by atoms with Gasteiger partial charge in [0, 0.05) is 30.3 Å². The van der Waals surface area contributed by atoms with Crippen molar-refractivity contribution < 1.29 is 0 Å². The van der Waals surface area contributed by atoms with Crippen LogP contribution in [0.1, 0.15) is 5.69 Å². The average Bonchev–Trinajstić information content (AvgIpc) is 2.92. The maximum Gasteiger partial charge on any atom is 0.129 e. The smallest absolute Gasteiger partial charge is 0.129 e. The monoisotopic (exact) mass is 345 g/mol. The number of hydrogen-bond acceptors (Lipinski definition) is 3. The molecule has 3 rings (SSSR count). The van der Waals surface area contributed by atoms with Crippen LogP contribution in [0.15, 0.2) is 34.9 Å². The van der Waals surface area contributed by atoms with Crippen molar-refractivity contribution in [1.29, 1.82) is 0 Å². The third kappa shape index (κ3) is 2.35. The minimum atomic E-state index is 0.649. The lowest BCUT2D eigenvalue weighted by atomic mass is 10.0. The van der Waals surface area contributed by atoms with E-state index in [0.717, 1.165) is 32.6 Å². The summed E-state index contributed by atoms with van der Waals surface area (Å²) in [5.74, 6) is 0.649. The molecule has 0 saturated heterocycles. The highest BCUT2D eigenvalue weighted by atomic mass is 79.9. The number of benzene rings is 1. The van der Waals surface area contributed by atoms with Crippen LogP contribution in [-0.4, -0.2) is 19.6 Å². The van der Waals surface area contributed by atoms with Gasteiger partial charge in [-0.2, -0.15) is 10.2 Å². The third-order valence-corrected chi connectivity index (χ3v) is 4.02. The molecule has 2 heterocycles. The van der Waals surface area contributed by atoms with Crippen LogP contribution in [0.5, 0.6) is 0 Å². The molecule has 0 aliphatic rings. The van der Waals surface area contributed by atoms with Crippen molar-refractivity contribution in [2.24, 2.45) is 14.1 Å². The van der Waals surface area contributed by atoms with Gasteiger partial charge in [-0.1, -0.05) is 28.1 Å². The van der Waals surface area contributed by atoms with Gasteiger partial charge in [0.05, 0.1) is 11.3 Å². The number of nitrogens with two attached hydrogens (primary N) is 1. The highest BCUT2D eigenvalue weighted by Gasteiger charge is 2.20. The molecule has 0 unspecified atom stereocenters. The molecule has 0 fully saturated rings. The van der Waals surface area contributed by atoms with E-state index in [1.165, 1.54) is 0 Å². The Bertz CT molecular complexity index is 798. The maximum absolute atomic E-state index is 6.23. The molecule has 2 N–H and O–H groups in total. The predicted octanol–water partition coefficient (Wildman–Crippen LogP) is 3.14. The summed E-state index contributed by atoms with van der Waals surface area (Å²) >= 11 is 3.45. The van der Waals surface area contributed by atoms with Crippen molar-refractivity contribution >= 4 is 21.7 Å². The van der Waals surface area contributed by atoms with Gasteiger partial charge in [0.25, 0.3) is 0 Å². The van der Waals surface area contributed by atoms with E-state index < -0.39 is 0 Å². The molecule has 0 aliphatic heterocycles. The lowest BCUT2D eigenvalue weighted by Gasteiger charge is -2.04. The van der Waals surface area contributed by atoms with Gasteiger partial charge >= 0.3 is 0 Å². The summed E-state index contributed by atoms with van der Waals surface area (Å²) in [5, 5.41) is 8.97. The molecule has 108 valence electrons. The van der Waals surface area contributed by atoms with E-state index in [1.54, 1.807) is 9.36 Å². The summed E-state index contributed by atoms with van der Waals surface area (Å²) in [6.45, 7) is 1.98. The van der Waals surface area contributed by atoms with Gasteiger partial charge < -0.3 is 5.73 Å². The molecule has 3 aromatic rings. The van der Waals surface area contributed by atoms with Gasteiger partial charge in [-0.05, 0) is 24.6 Å². The zero-order valence-corrected chi connectivity index (χ0v) is 13.7. The lowest BCUT2D eigenvalue weighted by Crippen LogP contribution is -1.97. The molecule has 0 aliphatic carbocycles. The molecular weight excluding hydrogens is 330 g/mol. The molecule has 6 heteroatoms.